The lowest BCUT2D eigenvalue weighted by Gasteiger charge is -2.39. The molecular formula is C5H9N3O5S. The first-order valence-corrected chi connectivity index (χ1v) is 4.92. The van der Waals surface area contributed by atoms with Crippen molar-refractivity contribution >= 4 is 22.4 Å². The molecule has 9 heteroatoms. The Morgan fingerprint density at radius 2 is 2.29 bits per heavy atom. The fourth-order valence-electron chi connectivity index (χ4n) is 1.05. The van der Waals surface area contributed by atoms with Crippen molar-refractivity contribution in [1.82, 2.24) is 4.31 Å². The van der Waals surface area contributed by atoms with E-state index < -0.39 is 28.3 Å². The van der Waals surface area contributed by atoms with Crippen LogP contribution in [0.2, 0.25) is 0 Å². The van der Waals surface area contributed by atoms with Crippen molar-refractivity contribution in [3.05, 3.63) is 0 Å². The molecular weight excluding hydrogens is 214 g/mol. The van der Waals surface area contributed by atoms with E-state index in [9.17, 15) is 13.2 Å². The van der Waals surface area contributed by atoms with E-state index in [0.717, 1.165) is 6.21 Å². The smallest absolute Gasteiger partial charge is 0.362 e. The Morgan fingerprint density at radius 1 is 1.71 bits per heavy atom. The van der Waals surface area contributed by atoms with Crippen LogP contribution in [-0.4, -0.2) is 48.6 Å². The maximum absolute atomic E-state index is 10.9. The third-order valence-corrected chi connectivity index (χ3v) is 2.63. The number of oxime groups is 1. The van der Waals surface area contributed by atoms with Crippen LogP contribution in [0.15, 0.2) is 5.16 Å². The van der Waals surface area contributed by atoms with Gasteiger partial charge in [0.1, 0.15) is 19.2 Å². The fraction of sp³-hybridized carbons (Fsp3) is 0.600. The Hall–Kier alpha value is -1.19. The number of nitrogens with zero attached hydrogens (tertiary/aromatic N) is 2. The minimum atomic E-state index is -4.57. The molecule has 1 saturated heterocycles. The minimum absolute atomic E-state index is 0.236. The van der Waals surface area contributed by atoms with Gasteiger partial charge in [0.15, 0.2) is 0 Å². The van der Waals surface area contributed by atoms with Gasteiger partial charge in [0.05, 0.1) is 6.21 Å². The summed E-state index contributed by atoms with van der Waals surface area (Å²) in [4.78, 5) is 15.2. The summed E-state index contributed by atoms with van der Waals surface area (Å²) in [6.45, 7) is 0. The van der Waals surface area contributed by atoms with Gasteiger partial charge in [-0.25, -0.2) is 4.31 Å². The third kappa shape index (κ3) is 1.69. The lowest BCUT2D eigenvalue weighted by Crippen LogP contribution is -2.70. The normalized spacial score (nSPS) is 27.9. The van der Waals surface area contributed by atoms with Crippen LogP contribution in [0.3, 0.4) is 0 Å². The summed E-state index contributed by atoms with van der Waals surface area (Å²) in [5.74, 6) is -0.875. The average molecular weight is 223 g/mol. The van der Waals surface area contributed by atoms with Gasteiger partial charge in [0, 0.05) is 0 Å². The Kier molecular flexibility index (Phi) is 2.73. The SMILES string of the molecule is CO/N=C/[C@@H]1[C@H](N)C(=O)N1S(=O)(=O)O. The Morgan fingerprint density at radius 3 is 2.71 bits per heavy atom. The molecule has 80 valence electrons. The molecule has 1 heterocycles. The molecule has 1 rings (SSSR count). The number of hydrogen-bond donors (Lipinski definition) is 2. The quantitative estimate of drug-likeness (QED) is 0.246. The van der Waals surface area contributed by atoms with Crippen LogP contribution in [-0.2, 0) is 19.9 Å². The van der Waals surface area contributed by atoms with Gasteiger partial charge in [0.2, 0.25) is 0 Å². The molecule has 0 radical (unpaired) electrons. The first-order valence-electron chi connectivity index (χ1n) is 3.52. The first-order chi connectivity index (χ1) is 6.39. The average Bonchev–Trinajstić information content (AvgIpc) is 2.08. The first kappa shape index (κ1) is 10.9. The zero-order valence-corrected chi connectivity index (χ0v) is 8.01. The van der Waals surface area contributed by atoms with E-state index in [1.807, 2.05) is 0 Å². The van der Waals surface area contributed by atoms with Gasteiger partial charge in [0.25, 0.3) is 5.91 Å². The molecule has 1 aliphatic heterocycles. The van der Waals surface area contributed by atoms with Gasteiger partial charge in [-0.15, -0.1) is 0 Å². The predicted octanol–water partition coefficient (Wildman–Crippen LogP) is -2.04. The molecule has 0 aromatic heterocycles. The topological polar surface area (TPSA) is 122 Å². The van der Waals surface area contributed by atoms with Crippen molar-refractivity contribution in [3.63, 3.8) is 0 Å². The van der Waals surface area contributed by atoms with Gasteiger partial charge < -0.3 is 10.6 Å². The van der Waals surface area contributed by atoms with Crippen LogP contribution < -0.4 is 5.73 Å². The number of nitrogens with two attached hydrogens (primary N) is 1. The number of amides is 1. The molecule has 0 aromatic rings. The van der Waals surface area contributed by atoms with Gasteiger partial charge >= 0.3 is 10.3 Å². The van der Waals surface area contributed by atoms with Crippen molar-refractivity contribution in [2.24, 2.45) is 10.9 Å². The molecule has 0 spiro atoms. The summed E-state index contributed by atoms with van der Waals surface area (Å²) < 4.78 is 30.1. The summed E-state index contributed by atoms with van der Waals surface area (Å²) in [7, 11) is -3.32. The van der Waals surface area contributed by atoms with Crippen molar-refractivity contribution in [1.29, 1.82) is 0 Å². The maximum atomic E-state index is 10.9. The molecule has 0 saturated carbocycles. The molecule has 0 aliphatic carbocycles. The molecule has 8 nitrogen and oxygen atoms in total. The van der Waals surface area contributed by atoms with Crippen molar-refractivity contribution in [3.8, 4) is 0 Å². The molecule has 3 N–H and O–H groups in total. The van der Waals surface area contributed by atoms with Crippen LogP contribution in [0, 0.1) is 0 Å². The minimum Gasteiger partial charge on any atom is -0.399 e. The second-order valence-corrected chi connectivity index (χ2v) is 3.85. The molecule has 0 unspecified atom stereocenters. The molecule has 1 fully saturated rings. The van der Waals surface area contributed by atoms with Crippen LogP contribution >= 0.6 is 0 Å². The highest BCUT2D eigenvalue weighted by Gasteiger charge is 2.50. The van der Waals surface area contributed by atoms with Gasteiger partial charge in [-0.3, -0.25) is 9.35 Å². The van der Waals surface area contributed by atoms with E-state index in [2.05, 4.69) is 9.99 Å². The maximum Gasteiger partial charge on any atom is 0.362 e. The fourth-order valence-corrected chi connectivity index (χ4v) is 1.89. The monoisotopic (exact) mass is 223 g/mol. The van der Waals surface area contributed by atoms with Gasteiger partial charge in [-0.1, -0.05) is 5.16 Å². The van der Waals surface area contributed by atoms with Gasteiger partial charge in [-0.2, -0.15) is 8.42 Å². The largest absolute Gasteiger partial charge is 0.399 e. The van der Waals surface area contributed by atoms with Crippen molar-refractivity contribution in [2.45, 2.75) is 12.1 Å². The second kappa shape index (κ2) is 3.52. The Labute approximate surface area is 80.2 Å². The lowest BCUT2D eigenvalue weighted by atomic mass is 10.0. The van der Waals surface area contributed by atoms with Crippen molar-refractivity contribution in [2.75, 3.05) is 7.11 Å². The summed E-state index contributed by atoms with van der Waals surface area (Å²) in [6.07, 6.45) is 1.03. The zero-order valence-electron chi connectivity index (χ0n) is 7.19. The summed E-state index contributed by atoms with van der Waals surface area (Å²) in [5, 5.41) is 3.27. The summed E-state index contributed by atoms with van der Waals surface area (Å²) in [5.41, 5.74) is 5.28. The highest BCUT2D eigenvalue weighted by Crippen LogP contribution is 2.20. The Balaban J connectivity index is 2.86. The van der Waals surface area contributed by atoms with Gasteiger partial charge in [-0.05, 0) is 0 Å². The van der Waals surface area contributed by atoms with Crippen LogP contribution in [0.5, 0.6) is 0 Å². The Bertz CT molecular complexity index is 364. The molecule has 1 aliphatic rings. The molecule has 0 bridgehead atoms. The second-order valence-electron chi connectivity index (χ2n) is 2.57. The van der Waals surface area contributed by atoms with E-state index in [1.54, 1.807) is 0 Å². The highest BCUT2D eigenvalue weighted by atomic mass is 32.2. The van der Waals surface area contributed by atoms with E-state index >= 15 is 0 Å². The van der Waals surface area contributed by atoms with Crippen molar-refractivity contribution < 1.29 is 22.6 Å². The number of rotatable bonds is 3. The number of carbonyl (C=O) groups excluding carboxylic acids is 1. The molecule has 14 heavy (non-hydrogen) atoms. The van der Waals surface area contributed by atoms with E-state index in [4.69, 9.17) is 10.3 Å². The zero-order chi connectivity index (χ0) is 10.9. The number of carbonyl (C=O) groups is 1. The molecule has 0 aromatic carbocycles. The summed E-state index contributed by atoms with van der Waals surface area (Å²) >= 11 is 0. The standard InChI is InChI=1S/C5H9N3O5S/c1-13-7-2-3-4(6)5(9)8(3)14(10,11)12/h2-4H,6H2,1H3,(H,10,11,12)/b7-2+/t3-,4+/m1/s1. The van der Waals surface area contributed by atoms with E-state index in [0.29, 0.717) is 0 Å². The lowest BCUT2D eigenvalue weighted by molar-refractivity contribution is -0.137. The van der Waals surface area contributed by atoms with Crippen LogP contribution in [0.25, 0.3) is 0 Å². The van der Waals surface area contributed by atoms with E-state index in [-0.39, 0.29) is 4.31 Å². The van der Waals surface area contributed by atoms with E-state index in [1.165, 1.54) is 7.11 Å². The number of hydrogen-bond acceptors (Lipinski definition) is 6. The molecule has 1 amide bonds. The van der Waals surface area contributed by atoms with Crippen LogP contribution in [0.4, 0.5) is 0 Å². The molecule has 2 atom stereocenters. The van der Waals surface area contributed by atoms with Crippen LogP contribution in [0.1, 0.15) is 0 Å². The predicted molar refractivity (Wildman–Crippen MR) is 45.7 cm³/mol. The highest BCUT2D eigenvalue weighted by molar-refractivity contribution is 7.84. The third-order valence-electron chi connectivity index (χ3n) is 1.71. The number of β-lactam (4-membered cyclic amide) rings is 1. The summed E-state index contributed by atoms with van der Waals surface area (Å²) in [6, 6.07) is -2.01.